The van der Waals surface area contributed by atoms with E-state index >= 15 is 0 Å². The van der Waals surface area contributed by atoms with Crippen LogP contribution in [0.25, 0.3) is 0 Å². The highest BCUT2D eigenvalue weighted by atomic mass is 28.2. The van der Waals surface area contributed by atoms with E-state index in [9.17, 15) is 13.6 Å². The van der Waals surface area contributed by atoms with Crippen LogP contribution in [0.2, 0.25) is 6.55 Å². The van der Waals surface area contributed by atoms with E-state index in [1.807, 2.05) is 6.55 Å². The highest BCUT2D eigenvalue weighted by molar-refractivity contribution is 6.44. The molecule has 1 rings (SSSR count). The van der Waals surface area contributed by atoms with Crippen molar-refractivity contribution in [3.63, 3.8) is 0 Å². The molecule has 4 heteroatoms. The molecule has 0 aliphatic heterocycles. The van der Waals surface area contributed by atoms with Crippen LogP contribution in [0.3, 0.4) is 0 Å². The van der Waals surface area contributed by atoms with E-state index in [1.54, 1.807) is 0 Å². The molecule has 0 aliphatic rings. The summed E-state index contributed by atoms with van der Waals surface area (Å²) >= 11 is 0. The second kappa shape index (κ2) is 4.68. The van der Waals surface area contributed by atoms with Crippen molar-refractivity contribution in [1.29, 1.82) is 0 Å². The Balaban J connectivity index is 3.27. The van der Waals surface area contributed by atoms with E-state index in [0.717, 1.165) is 12.1 Å². The Labute approximate surface area is 83.0 Å². The van der Waals surface area contributed by atoms with Gasteiger partial charge in [-0.25, -0.2) is 8.78 Å². The van der Waals surface area contributed by atoms with E-state index in [-0.39, 0.29) is 11.1 Å². The summed E-state index contributed by atoms with van der Waals surface area (Å²) in [5, 5.41) is 0. The average molecular weight is 210 g/mol. The fourth-order valence-corrected chi connectivity index (χ4v) is 1.32. The maximum Gasteiger partial charge on any atom is 0.160 e. The van der Waals surface area contributed by atoms with Gasteiger partial charge in [-0.2, -0.15) is 0 Å². The van der Waals surface area contributed by atoms with Crippen LogP contribution in [0, 0.1) is 23.1 Å². The monoisotopic (exact) mass is 210 g/mol. The summed E-state index contributed by atoms with van der Waals surface area (Å²) in [5.41, 5.74) is 3.18. The van der Waals surface area contributed by atoms with Gasteiger partial charge in [0.2, 0.25) is 0 Å². The number of hydrogen-bond donors (Lipinski definition) is 0. The Morgan fingerprint density at radius 1 is 1.36 bits per heavy atom. The maximum absolute atomic E-state index is 12.8. The van der Waals surface area contributed by atoms with Gasteiger partial charge in [-0.3, -0.25) is 4.79 Å². The van der Waals surface area contributed by atoms with Crippen molar-refractivity contribution >= 4 is 15.8 Å². The molecule has 0 N–H and O–H groups in total. The summed E-state index contributed by atoms with van der Waals surface area (Å²) in [5.74, 6) is 0.659. The summed E-state index contributed by atoms with van der Waals surface area (Å²) in [4.78, 5) is 10.5. The molecular formula is C10H8F2OSi. The molecule has 0 unspecified atom stereocenters. The molecule has 0 heterocycles. The second-order valence-corrected chi connectivity index (χ2v) is 3.69. The Bertz CT molecular complexity index is 418. The number of aldehydes is 1. The van der Waals surface area contributed by atoms with Gasteiger partial charge in [0.15, 0.2) is 17.9 Å². The SMILES string of the molecule is C[SiH2]C#Cc1cc(F)c(F)cc1C=O. The first-order chi connectivity index (χ1) is 6.69. The van der Waals surface area contributed by atoms with Crippen LogP contribution in [0.5, 0.6) is 0 Å². The first-order valence-electron chi connectivity index (χ1n) is 4.12. The minimum absolute atomic E-state index is 0.0962. The Kier molecular flexibility index (Phi) is 3.54. The van der Waals surface area contributed by atoms with Crippen molar-refractivity contribution < 1.29 is 13.6 Å². The summed E-state index contributed by atoms with van der Waals surface area (Å²) in [6.07, 6.45) is 0.476. The molecule has 1 aromatic carbocycles. The van der Waals surface area contributed by atoms with Crippen molar-refractivity contribution in [2.75, 3.05) is 0 Å². The third kappa shape index (κ3) is 2.27. The van der Waals surface area contributed by atoms with E-state index in [2.05, 4.69) is 11.5 Å². The number of halogens is 2. The highest BCUT2D eigenvalue weighted by Crippen LogP contribution is 2.12. The lowest BCUT2D eigenvalue weighted by Crippen LogP contribution is -1.93. The number of rotatable bonds is 1. The molecule has 72 valence electrons. The zero-order chi connectivity index (χ0) is 10.6. The molecule has 0 atom stereocenters. The Morgan fingerprint density at radius 3 is 2.57 bits per heavy atom. The predicted octanol–water partition coefficient (Wildman–Crippen LogP) is 1.30. The molecular weight excluding hydrogens is 202 g/mol. The third-order valence-corrected chi connectivity index (χ3v) is 2.15. The summed E-state index contributed by atoms with van der Waals surface area (Å²) in [6.45, 7) is 1.97. The lowest BCUT2D eigenvalue weighted by Gasteiger charge is -1.98. The number of benzene rings is 1. The highest BCUT2D eigenvalue weighted by Gasteiger charge is 2.07. The largest absolute Gasteiger partial charge is 0.298 e. The zero-order valence-electron chi connectivity index (χ0n) is 7.60. The molecule has 1 nitrogen and oxygen atoms in total. The molecule has 0 spiro atoms. The van der Waals surface area contributed by atoms with Gasteiger partial charge in [0.05, 0.1) is 0 Å². The standard InChI is InChI=1S/C10H8F2OSi/c1-14-3-2-7-4-9(11)10(12)5-8(7)6-13/h4-6H,14H2,1H3. The molecule has 0 saturated carbocycles. The average Bonchev–Trinajstić information content (AvgIpc) is 2.19. The van der Waals surface area contributed by atoms with E-state index in [4.69, 9.17) is 0 Å². The van der Waals surface area contributed by atoms with Crippen molar-refractivity contribution in [2.24, 2.45) is 0 Å². The lowest BCUT2D eigenvalue weighted by molar-refractivity contribution is 0.112. The van der Waals surface area contributed by atoms with Crippen LogP contribution in [-0.4, -0.2) is 15.8 Å². The van der Waals surface area contributed by atoms with Crippen molar-refractivity contribution in [1.82, 2.24) is 0 Å². The first-order valence-corrected chi connectivity index (χ1v) is 6.24. The van der Waals surface area contributed by atoms with Crippen LogP contribution >= 0.6 is 0 Å². The molecule has 1 aromatic rings. The van der Waals surface area contributed by atoms with Crippen molar-refractivity contribution in [2.45, 2.75) is 6.55 Å². The van der Waals surface area contributed by atoms with Crippen LogP contribution in [0.4, 0.5) is 8.78 Å². The van der Waals surface area contributed by atoms with Crippen molar-refractivity contribution in [3.05, 3.63) is 34.9 Å². The van der Waals surface area contributed by atoms with E-state index in [1.165, 1.54) is 0 Å². The fraction of sp³-hybridized carbons (Fsp3) is 0.100. The molecule has 0 fully saturated rings. The molecule has 0 aromatic heterocycles. The number of carbonyl (C=O) groups excluding carboxylic acids is 1. The van der Waals surface area contributed by atoms with Gasteiger partial charge in [-0.15, -0.1) is 5.54 Å². The minimum atomic E-state index is -1.02. The smallest absolute Gasteiger partial charge is 0.160 e. The molecule has 0 amide bonds. The van der Waals surface area contributed by atoms with Crippen LogP contribution in [0.15, 0.2) is 12.1 Å². The first kappa shape index (κ1) is 10.6. The molecule has 0 bridgehead atoms. The topological polar surface area (TPSA) is 17.1 Å². The molecule has 14 heavy (non-hydrogen) atoms. The maximum atomic E-state index is 12.8. The van der Waals surface area contributed by atoms with Gasteiger partial charge < -0.3 is 0 Å². The van der Waals surface area contributed by atoms with Crippen LogP contribution < -0.4 is 0 Å². The van der Waals surface area contributed by atoms with Gasteiger partial charge in [-0.05, 0) is 12.1 Å². The quantitative estimate of drug-likeness (QED) is 0.388. The molecule has 0 radical (unpaired) electrons. The Morgan fingerprint density at radius 2 is 2.00 bits per heavy atom. The second-order valence-electron chi connectivity index (χ2n) is 2.63. The number of carbonyl (C=O) groups is 1. The van der Waals surface area contributed by atoms with Crippen molar-refractivity contribution in [3.8, 4) is 11.5 Å². The van der Waals surface area contributed by atoms with Gasteiger partial charge in [0, 0.05) is 11.1 Å². The lowest BCUT2D eigenvalue weighted by atomic mass is 10.1. The van der Waals surface area contributed by atoms with E-state index in [0.29, 0.717) is 6.29 Å². The van der Waals surface area contributed by atoms with Gasteiger partial charge >= 0.3 is 0 Å². The molecule has 0 saturated heterocycles. The normalized spacial score (nSPS) is 9.93. The Hall–Kier alpha value is -1.47. The molecule has 0 aliphatic carbocycles. The predicted molar refractivity (Wildman–Crippen MR) is 53.0 cm³/mol. The number of hydrogen-bond acceptors (Lipinski definition) is 1. The summed E-state index contributed by atoms with van der Waals surface area (Å²) in [6, 6.07) is 1.82. The van der Waals surface area contributed by atoms with Crippen LogP contribution in [-0.2, 0) is 0 Å². The van der Waals surface area contributed by atoms with Gasteiger partial charge in [0.1, 0.15) is 9.52 Å². The van der Waals surface area contributed by atoms with E-state index < -0.39 is 21.2 Å². The fourth-order valence-electron chi connectivity index (χ4n) is 0.952. The summed E-state index contributed by atoms with van der Waals surface area (Å²) in [7, 11) is -0.469. The third-order valence-electron chi connectivity index (χ3n) is 1.62. The van der Waals surface area contributed by atoms with Gasteiger partial charge in [-0.1, -0.05) is 12.5 Å². The van der Waals surface area contributed by atoms with Gasteiger partial charge in [0.25, 0.3) is 0 Å². The zero-order valence-corrected chi connectivity index (χ0v) is 9.02. The summed E-state index contributed by atoms with van der Waals surface area (Å²) < 4.78 is 25.5. The van der Waals surface area contributed by atoms with Crippen LogP contribution in [0.1, 0.15) is 15.9 Å². The minimum Gasteiger partial charge on any atom is -0.298 e.